The average Bonchev–Trinajstić information content (AvgIpc) is 1.99. The fraction of sp³-hybridized carbons (Fsp3) is 0.778. The zero-order valence-corrected chi connectivity index (χ0v) is 10.0. The molecule has 0 aromatic heterocycles. The van der Waals surface area contributed by atoms with E-state index in [4.69, 9.17) is 4.43 Å². The van der Waals surface area contributed by atoms with E-state index in [-0.39, 0.29) is 5.60 Å². The van der Waals surface area contributed by atoms with Crippen molar-refractivity contribution in [1.29, 1.82) is 0 Å². The molecule has 0 atom stereocenters. The number of hydrogen-bond donors (Lipinski definition) is 0. The van der Waals surface area contributed by atoms with Gasteiger partial charge in [-0.2, -0.15) is 0 Å². The average molecular weight is 172 g/mol. The van der Waals surface area contributed by atoms with Crippen molar-refractivity contribution in [2.24, 2.45) is 0 Å². The van der Waals surface area contributed by atoms with Crippen LogP contribution in [0, 0.1) is 0 Å². The van der Waals surface area contributed by atoms with Gasteiger partial charge in [-0.05, 0) is 33.1 Å². The topological polar surface area (TPSA) is 9.23 Å². The molecule has 66 valence electrons. The van der Waals surface area contributed by atoms with Crippen LogP contribution in [-0.2, 0) is 4.43 Å². The summed E-state index contributed by atoms with van der Waals surface area (Å²) in [6.45, 7) is 8.01. The van der Waals surface area contributed by atoms with Gasteiger partial charge in [-0.3, -0.25) is 0 Å². The summed E-state index contributed by atoms with van der Waals surface area (Å²) in [7, 11) is 0.846. The Hall–Kier alpha value is -0.0831. The lowest BCUT2D eigenvalue weighted by molar-refractivity contribution is 0.109. The van der Waals surface area contributed by atoms with Crippen molar-refractivity contribution in [1.82, 2.24) is 0 Å². The summed E-state index contributed by atoms with van der Waals surface area (Å²) in [5.74, 6) is 0. The van der Waals surface area contributed by atoms with Crippen LogP contribution in [0.4, 0.5) is 0 Å². The first kappa shape index (κ1) is 10.9. The monoisotopic (exact) mass is 172 g/mol. The lowest BCUT2D eigenvalue weighted by atomic mass is 10.0. The van der Waals surface area contributed by atoms with Crippen LogP contribution in [0.2, 0.25) is 0 Å². The zero-order valence-electron chi connectivity index (χ0n) is 8.02. The van der Waals surface area contributed by atoms with Gasteiger partial charge >= 0.3 is 0 Å². The highest BCUT2D eigenvalue weighted by atomic mass is 28.2. The molecule has 0 radical (unpaired) electrons. The molecule has 0 saturated carbocycles. The summed E-state index contributed by atoms with van der Waals surface area (Å²) in [5, 5.41) is 0. The van der Waals surface area contributed by atoms with Crippen LogP contribution in [0.25, 0.3) is 0 Å². The Morgan fingerprint density at radius 2 is 2.09 bits per heavy atom. The van der Waals surface area contributed by atoms with Crippen molar-refractivity contribution in [3.05, 3.63) is 12.7 Å². The van der Waals surface area contributed by atoms with Gasteiger partial charge in [0.15, 0.2) is 0 Å². The number of hydrogen-bond acceptors (Lipinski definition) is 1. The Kier molecular flexibility index (Phi) is 5.51. The SMILES string of the molecule is C=CCCCCC(C)(C)O[SiH3]. The van der Waals surface area contributed by atoms with Gasteiger partial charge in [-0.25, -0.2) is 0 Å². The molecule has 0 aliphatic heterocycles. The highest BCUT2D eigenvalue weighted by molar-refractivity contribution is 5.98. The number of allylic oxidation sites excluding steroid dienone is 1. The van der Waals surface area contributed by atoms with E-state index in [1.54, 1.807) is 0 Å². The van der Waals surface area contributed by atoms with E-state index in [1.807, 2.05) is 6.08 Å². The van der Waals surface area contributed by atoms with Gasteiger partial charge in [-0.1, -0.05) is 12.5 Å². The van der Waals surface area contributed by atoms with E-state index < -0.39 is 0 Å². The minimum Gasteiger partial charge on any atom is -0.423 e. The Morgan fingerprint density at radius 3 is 2.55 bits per heavy atom. The third-order valence-electron chi connectivity index (χ3n) is 1.99. The second kappa shape index (κ2) is 5.55. The molecule has 0 unspecified atom stereocenters. The Morgan fingerprint density at radius 1 is 1.45 bits per heavy atom. The molecule has 0 saturated heterocycles. The highest BCUT2D eigenvalue weighted by Gasteiger charge is 2.13. The normalized spacial score (nSPS) is 11.8. The Bertz CT molecular complexity index is 110. The van der Waals surface area contributed by atoms with E-state index in [0.29, 0.717) is 0 Å². The smallest absolute Gasteiger partial charge is 0.146 e. The van der Waals surface area contributed by atoms with E-state index in [2.05, 4.69) is 20.4 Å². The third-order valence-corrected chi connectivity index (χ3v) is 3.09. The lowest BCUT2D eigenvalue weighted by Crippen LogP contribution is -2.22. The maximum atomic E-state index is 5.43. The van der Waals surface area contributed by atoms with Crippen molar-refractivity contribution >= 4 is 10.5 Å². The summed E-state index contributed by atoms with van der Waals surface area (Å²) < 4.78 is 5.43. The number of unbranched alkanes of at least 4 members (excludes halogenated alkanes) is 2. The molecule has 0 N–H and O–H groups in total. The van der Waals surface area contributed by atoms with E-state index in [9.17, 15) is 0 Å². The summed E-state index contributed by atoms with van der Waals surface area (Å²) in [5.41, 5.74) is 0.118. The predicted molar refractivity (Wildman–Crippen MR) is 53.8 cm³/mol. The third kappa shape index (κ3) is 6.32. The van der Waals surface area contributed by atoms with Crippen LogP contribution in [-0.4, -0.2) is 16.1 Å². The van der Waals surface area contributed by atoms with E-state index in [1.165, 1.54) is 19.3 Å². The predicted octanol–water partition coefficient (Wildman–Crippen LogP) is 1.81. The molecule has 11 heavy (non-hydrogen) atoms. The summed E-state index contributed by atoms with van der Waals surface area (Å²) >= 11 is 0. The molecular weight excluding hydrogens is 152 g/mol. The van der Waals surface area contributed by atoms with Crippen LogP contribution in [0.5, 0.6) is 0 Å². The van der Waals surface area contributed by atoms with Gasteiger partial charge < -0.3 is 4.43 Å². The van der Waals surface area contributed by atoms with E-state index >= 15 is 0 Å². The van der Waals surface area contributed by atoms with Crippen LogP contribution in [0.3, 0.4) is 0 Å². The van der Waals surface area contributed by atoms with Gasteiger partial charge in [-0.15, -0.1) is 6.58 Å². The van der Waals surface area contributed by atoms with Crippen molar-refractivity contribution in [3.8, 4) is 0 Å². The van der Waals surface area contributed by atoms with Gasteiger partial charge in [0, 0.05) is 5.60 Å². The fourth-order valence-corrected chi connectivity index (χ4v) is 1.15. The molecule has 2 heteroatoms. The second-order valence-corrected chi connectivity index (χ2v) is 3.91. The van der Waals surface area contributed by atoms with Crippen LogP contribution < -0.4 is 0 Å². The van der Waals surface area contributed by atoms with Crippen LogP contribution >= 0.6 is 0 Å². The first-order valence-electron chi connectivity index (χ1n) is 4.28. The van der Waals surface area contributed by atoms with Gasteiger partial charge in [0.05, 0.1) is 0 Å². The lowest BCUT2D eigenvalue weighted by Gasteiger charge is -2.23. The van der Waals surface area contributed by atoms with Crippen molar-refractivity contribution in [3.63, 3.8) is 0 Å². The molecule has 0 amide bonds. The first-order chi connectivity index (χ1) is 5.12. The van der Waals surface area contributed by atoms with E-state index in [0.717, 1.165) is 16.9 Å². The Labute approximate surface area is 73.4 Å². The number of rotatable bonds is 6. The molecule has 0 rings (SSSR count). The summed E-state index contributed by atoms with van der Waals surface area (Å²) in [6, 6.07) is 0. The maximum Gasteiger partial charge on any atom is 0.146 e. The van der Waals surface area contributed by atoms with Crippen LogP contribution in [0.1, 0.15) is 39.5 Å². The van der Waals surface area contributed by atoms with Gasteiger partial charge in [0.1, 0.15) is 10.5 Å². The van der Waals surface area contributed by atoms with Crippen LogP contribution in [0.15, 0.2) is 12.7 Å². The van der Waals surface area contributed by atoms with Crippen molar-refractivity contribution in [2.45, 2.75) is 45.1 Å². The minimum atomic E-state index is 0.118. The Balaban J connectivity index is 3.29. The quantitative estimate of drug-likeness (QED) is 0.337. The molecule has 0 aromatic carbocycles. The molecule has 1 nitrogen and oxygen atoms in total. The molecular formula is C9H20OSi. The largest absolute Gasteiger partial charge is 0.423 e. The summed E-state index contributed by atoms with van der Waals surface area (Å²) in [6.07, 6.45) is 6.79. The second-order valence-electron chi connectivity index (χ2n) is 3.50. The first-order valence-corrected chi connectivity index (χ1v) is 5.10. The molecule has 0 fully saturated rings. The van der Waals surface area contributed by atoms with Crippen molar-refractivity contribution in [2.75, 3.05) is 0 Å². The summed E-state index contributed by atoms with van der Waals surface area (Å²) in [4.78, 5) is 0. The molecule has 0 heterocycles. The standard InChI is InChI=1S/C9H20OSi/c1-4-5-6-7-8-9(2,3)10-11/h4H,1,5-8H2,2-3,11H3. The zero-order chi connectivity index (χ0) is 8.74. The van der Waals surface area contributed by atoms with Gasteiger partial charge in [0.25, 0.3) is 0 Å². The molecule has 0 aromatic rings. The fourth-order valence-electron chi connectivity index (χ4n) is 0.941. The highest BCUT2D eigenvalue weighted by Crippen LogP contribution is 2.16. The van der Waals surface area contributed by atoms with Gasteiger partial charge in [0.2, 0.25) is 0 Å². The molecule has 0 aliphatic rings. The molecule has 0 aliphatic carbocycles. The molecule has 0 spiro atoms. The molecule has 0 bridgehead atoms. The maximum absolute atomic E-state index is 5.43. The minimum absolute atomic E-state index is 0.118. The van der Waals surface area contributed by atoms with Crippen molar-refractivity contribution < 1.29 is 4.43 Å².